The summed E-state index contributed by atoms with van der Waals surface area (Å²) >= 11 is 0. The summed E-state index contributed by atoms with van der Waals surface area (Å²) in [7, 11) is -0.621. The van der Waals surface area contributed by atoms with E-state index in [4.69, 9.17) is 5.73 Å². The Bertz CT molecular complexity index is 104. The maximum Gasteiger partial charge on any atom is 0.0232 e. The lowest BCUT2D eigenvalue weighted by Gasteiger charge is -2.02. The van der Waals surface area contributed by atoms with Gasteiger partial charge in [-0.25, -0.2) is 0 Å². The lowest BCUT2D eigenvalue weighted by molar-refractivity contribution is 0.614. The summed E-state index contributed by atoms with van der Waals surface area (Å²) in [6.07, 6.45) is 4.95. The zero-order valence-electron chi connectivity index (χ0n) is 6.80. The van der Waals surface area contributed by atoms with E-state index in [1.54, 1.807) is 6.26 Å². The first-order chi connectivity index (χ1) is 4.63. The van der Waals surface area contributed by atoms with Crippen molar-refractivity contribution in [3.05, 3.63) is 0 Å². The van der Waals surface area contributed by atoms with E-state index in [0.29, 0.717) is 6.04 Å². The molecule has 0 saturated carbocycles. The van der Waals surface area contributed by atoms with Gasteiger partial charge < -0.3 is 5.73 Å². The molecule has 2 atom stereocenters. The number of rotatable bonds is 5. The second-order valence-electron chi connectivity index (χ2n) is 2.75. The predicted molar refractivity (Wildman–Crippen MR) is 46.4 cm³/mol. The molecule has 0 spiro atoms. The van der Waals surface area contributed by atoms with E-state index in [9.17, 15) is 4.21 Å². The van der Waals surface area contributed by atoms with Crippen molar-refractivity contribution >= 4 is 10.8 Å². The largest absolute Gasteiger partial charge is 0.328 e. The standard InChI is InChI=1S/C7H17NOS/c1-7(8)5-3-4-6-10(2)9/h7H,3-6,8H2,1-2H3. The molecule has 0 radical (unpaired) electrons. The average molecular weight is 163 g/mol. The molecule has 0 aromatic carbocycles. The second-order valence-corrected chi connectivity index (χ2v) is 4.31. The minimum Gasteiger partial charge on any atom is -0.328 e. The van der Waals surface area contributed by atoms with Gasteiger partial charge in [-0.05, 0) is 19.8 Å². The van der Waals surface area contributed by atoms with Crippen molar-refractivity contribution in [1.29, 1.82) is 0 Å². The fraction of sp³-hybridized carbons (Fsp3) is 1.00. The van der Waals surface area contributed by atoms with Gasteiger partial charge in [0.15, 0.2) is 0 Å². The van der Waals surface area contributed by atoms with Crippen LogP contribution in [0.1, 0.15) is 26.2 Å². The Kier molecular flexibility index (Phi) is 5.93. The van der Waals surface area contributed by atoms with Crippen molar-refractivity contribution < 1.29 is 4.21 Å². The van der Waals surface area contributed by atoms with E-state index >= 15 is 0 Å². The molecule has 0 amide bonds. The Morgan fingerprint density at radius 3 is 2.50 bits per heavy atom. The topological polar surface area (TPSA) is 43.1 Å². The maximum absolute atomic E-state index is 10.6. The molecule has 0 saturated heterocycles. The van der Waals surface area contributed by atoms with Gasteiger partial charge in [0.1, 0.15) is 0 Å². The molecule has 0 bridgehead atoms. The van der Waals surface area contributed by atoms with Gasteiger partial charge in [0.2, 0.25) is 0 Å². The zero-order chi connectivity index (χ0) is 7.98. The van der Waals surface area contributed by atoms with Crippen LogP contribution >= 0.6 is 0 Å². The molecule has 2 nitrogen and oxygen atoms in total. The Balaban J connectivity index is 2.98. The molecule has 0 aliphatic carbocycles. The van der Waals surface area contributed by atoms with E-state index < -0.39 is 10.8 Å². The third-order valence-corrected chi connectivity index (χ3v) is 2.20. The monoisotopic (exact) mass is 163 g/mol. The Hall–Kier alpha value is 0.110. The molecule has 0 fully saturated rings. The molecule has 2 unspecified atom stereocenters. The van der Waals surface area contributed by atoms with Gasteiger partial charge in [0.05, 0.1) is 0 Å². The summed E-state index contributed by atoms with van der Waals surface area (Å²) in [6, 6.07) is 0.297. The van der Waals surface area contributed by atoms with Crippen molar-refractivity contribution in [2.24, 2.45) is 5.73 Å². The first-order valence-corrected chi connectivity index (χ1v) is 5.41. The summed E-state index contributed by atoms with van der Waals surface area (Å²) in [5.74, 6) is 0.826. The molecule has 0 rings (SSSR count). The van der Waals surface area contributed by atoms with Crippen LogP contribution in [0.25, 0.3) is 0 Å². The van der Waals surface area contributed by atoms with Crippen molar-refractivity contribution in [3.63, 3.8) is 0 Å². The van der Waals surface area contributed by atoms with E-state index in [1.165, 1.54) is 0 Å². The van der Waals surface area contributed by atoms with Crippen molar-refractivity contribution in [2.75, 3.05) is 12.0 Å². The summed E-state index contributed by atoms with van der Waals surface area (Å²) in [5.41, 5.74) is 5.53. The summed E-state index contributed by atoms with van der Waals surface area (Å²) in [6.45, 7) is 2.00. The van der Waals surface area contributed by atoms with E-state index in [-0.39, 0.29) is 0 Å². The minimum absolute atomic E-state index is 0.297. The van der Waals surface area contributed by atoms with Crippen LogP contribution in [0.4, 0.5) is 0 Å². The lowest BCUT2D eigenvalue weighted by atomic mass is 10.2. The molecule has 62 valence electrons. The van der Waals surface area contributed by atoms with Gasteiger partial charge in [-0.1, -0.05) is 6.42 Å². The van der Waals surface area contributed by atoms with Crippen LogP contribution < -0.4 is 5.73 Å². The molecule has 0 aromatic heterocycles. The fourth-order valence-electron chi connectivity index (χ4n) is 0.772. The molecular weight excluding hydrogens is 146 g/mol. The van der Waals surface area contributed by atoms with Gasteiger partial charge in [-0.3, -0.25) is 4.21 Å². The van der Waals surface area contributed by atoms with Crippen LogP contribution in [0.2, 0.25) is 0 Å². The third-order valence-electron chi connectivity index (χ3n) is 1.34. The van der Waals surface area contributed by atoms with E-state index in [1.807, 2.05) is 6.92 Å². The molecule has 0 heterocycles. The van der Waals surface area contributed by atoms with Crippen LogP contribution in [-0.2, 0) is 10.8 Å². The van der Waals surface area contributed by atoms with Gasteiger partial charge in [-0.2, -0.15) is 0 Å². The van der Waals surface area contributed by atoms with Gasteiger partial charge >= 0.3 is 0 Å². The van der Waals surface area contributed by atoms with Gasteiger partial charge in [0.25, 0.3) is 0 Å². The Labute approximate surface area is 65.6 Å². The first-order valence-electron chi connectivity index (χ1n) is 3.68. The smallest absolute Gasteiger partial charge is 0.0232 e. The van der Waals surface area contributed by atoms with E-state index in [0.717, 1.165) is 25.0 Å². The van der Waals surface area contributed by atoms with Crippen molar-refractivity contribution in [1.82, 2.24) is 0 Å². The summed E-state index contributed by atoms with van der Waals surface area (Å²) in [5, 5.41) is 0. The second kappa shape index (κ2) is 5.86. The molecular formula is C7H17NOS. The predicted octanol–water partition coefficient (Wildman–Crippen LogP) is 0.882. The minimum atomic E-state index is -0.621. The van der Waals surface area contributed by atoms with Crippen molar-refractivity contribution in [3.8, 4) is 0 Å². The SMILES string of the molecule is CC(N)CCCCS(C)=O. The Morgan fingerprint density at radius 1 is 1.50 bits per heavy atom. The molecule has 2 N–H and O–H groups in total. The van der Waals surface area contributed by atoms with Crippen LogP contribution in [0.15, 0.2) is 0 Å². The first kappa shape index (κ1) is 10.1. The van der Waals surface area contributed by atoms with Crippen LogP contribution in [-0.4, -0.2) is 22.3 Å². The molecule has 0 aliphatic heterocycles. The molecule has 0 aromatic rings. The normalized spacial score (nSPS) is 16.7. The number of hydrogen-bond acceptors (Lipinski definition) is 2. The zero-order valence-corrected chi connectivity index (χ0v) is 7.62. The fourth-order valence-corrected chi connectivity index (χ4v) is 1.38. The number of nitrogens with two attached hydrogens (primary N) is 1. The van der Waals surface area contributed by atoms with E-state index in [2.05, 4.69) is 0 Å². The quantitative estimate of drug-likeness (QED) is 0.611. The number of unbranched alkanes of at least 4 members (excludes halogenated alkanes) is 1. The highest BCUT2D eigenvalue weighted by Gasteiger charge is 1.94. The molecule has 3 heteroatoms. The van der Waals surface area contributed by atoms with Crippen LogP contribution in [0.5, 0.6) is 0 Å². The highest BCUT2D eigenvalue weighted by molar-refractivity contribution is 7.84. The van der Waals surface area contributed by atoms with Crippen molar-refractivity contribution in [2.45, 2.75) is 32.2 Å². The average Bonchev–Trinajstić information content (AvgIpc) is 1.79. The van der Waals surface area contributed by atoms with Crippen LogP contribution in [0, 0.1) is 0 Å². The highest BCUT2D eigenvalue weighted by atomic mass is 32.2. The number of hydrogen-bond donors (Lipinski definition) is 1. The molecule has 0 aliphatic rings. The highest BCUT2D eigenvalue weighted by Crippen LogP contribution is 1.98. The summed E-state index contributed by atoms with van der Waals surface area (Å²) in [4.78, 5) is 0. The van der Waals surface area contributed by atoms with Crippen LogP contribution in [0.3, 0.4) is 0 Å². The lowest BCUT2D eigenvalue weighted by Crippen LogP contribution is -2.14. The maximum atomic E-state index is 10.6. The Morgan fingerprint density at radius 2 is 2.10 bits per heavy atom. The third kappa shape index (κ3) is 8.11. The van der Waals surface area contributed by atoms with Gasteiger partial charge in [-0.15, -0.1) is 0 Å². The summed E-state index contributed by atoms with van der Waals surface area (Å²) < 4.78 is 10.6. The van der Waals surface area contributed by atoms with Gasteiger partial charge in [0, 0.05) is 28.9 Å². The molecule has 10 heavy (non-hydrogen) atoms.